The first-order valence-electron chi connectivity index (χ1n) is 6.15. The van der Waals surface area contributed by atoms with E-state index in [9.17, 15) is 0 Å². The van der Waals surface area contributed by atoms with E-state index in [0.29, 0.717) is 0 Å². The van der Waals surface area contributed by atoms with Gasteiger partial charge in [0.1, 0.15) is 0 Å². The summed E-state index contributed by atoms with van der Waals surface area (Å²) in [7, 11) is 0. The summed E-state index contributed by atoms with van der Waals surface area (Å²) >= 11 is 1.86. The van der Waals surface area contributed by atoms with Crippen LogP contribution in [0.2, 0.25) is 0 Å². The van der Waals surface area contributed by atoms with Gasteiger partial charge in [-0.25, -0.2) is 0 Å². The van der Waals surface area contributed by atoms with Crippen LogP contribution in [0.5, 0.6) is 0 Å². The maximum absolute atomic E-state index is 8.95. The first-order valence-corrected chi connectivity index (χ1v) is 7.13. The first-order chi connectivity index (χ1) is 8.07. The molecule has 3 heteroatoms. The molecule has 1 aromatic carbocycles. The minimum atomic E-state index is -0.00834. The van der Waals surface area contributed by atoms with E-state index in [2.05, 4.69) is 50.4 Å². The lowest BCUT2D eigenvalue weighted by atomic mass is 10.0. The standard InChI is InChI=1S/C14H23NOS/c1-4-17-13-7-5-12(6-8-13)11-15-14(2,3)9-10-16/h5-8,15-16H,4,9-11H2,1-3H3. The van der Waals surface area contributed by atoms with Crippen molar-refractivity contribution in [2.75, 3.05) is 12.4 Å². The molecule has 0 heterocycles. The van der Waals surface area contributed by atoms with Crippen LogP contribution in [0.3, 0.4) is 0 Å². The Kier molecular flexibility index (Phi) is 6.03. The van der Waals surface area contributed by atoms with Crippen molar-refractivity contribution in [3.63, 3.8) is 0 Å². The van der Waals surface area contributed by atoms with Crippen LogP contribution in [0, 0.1) is 0 Å². The van der Waals surface area contributed by atoms with Crippen molar-refractivity contribution in [2.24, 2.45) is 0 Å². The number of hydrogen-bond acceptors (Lipinski definition) is 3. The van der Waals surface area contributed by atoms with Gasteiger partial charge in [0, 0.05) is 23.6 Å². The van der Waals surface area contributed by atoms with Crippen molar-refractivity contribution in [3.8, 4) is 0 Å². The molecule has 0 aliphatic rings. The van der Waals surface area contributed by atoms with E-state index < -0.39 is 0 Å². The van der Waals surface area contributed by atoms with Gasteiger partial charge in [-0.05, 0) is 43.7 Å². The average Bonchev–Trinajstić information content (AvgIpc) is 2.29. The van der Waals surface area contributed by atoms with Crippen LogP contribution in [-0.4, -0.2) is 23.0 Å². The number of benzene rings is 1. The molecule has 96 valence electrons. The molecule has 0 radical (unpaired) electrons. The summed E-state index contributed by atoms with van der Waals surface area (Å²) in [4.78, 5) is 1.32. The van der Waals surface area contributed by atoms with Crippen molar-refractivity contribution >= 4 is 11.8 Å². The van der Waals surface area contributed by atoms with Crippen LogP contribution < -0.4 is 5.32 Å². The fraction of sp³-hybridized carbons (Fsp3) is 0.571. The van der Waals surface area contributed by atoms with Crippen molar-refractivity contribution in [3.05, 3.63) is 29.8 Å². The summed E-state index contributed by atoms with van der Waals surface area (Å²) in [5.74, 6) is 1.11. The number of aliphatic hydroxyl groups excluding tert-OH is 1. The zero-order chi connectivity index (χ0) is 12.7. The lowest BCUT2D eigenvalue weighted by Crippen LogP contribution is -2.39. The van der Waals surface area contributed by atoms with Crippen LogP contribution in [0.4, 0.5) is 0 Å². The predicted molar refractivity (Wildman–Crippen MR) is 75.5 cm³/mol. The van der Waals surface area contributed by atoms with Gasteiger partial charge >= 0.3 is 0 Å². The monoisotopic (exact) mass is 253 g/mol. The predicted octanol–water partition coefficient (Wildman–Crippen LogP) is 3.05. The molecule has 0 spiro atoms. The molecule has 0 fully saturated rings. The fourth-order valence-electron chi connectivity index (χ4n) is 1.58. The topological polar surface area (TPSA) is 32.3 Å². The van der Waals surface area contributed by atoms with Crippen LogP contribution in [0.1, 0.15) is 32.8 Å². The largest absolute Gasteiger partial charge is 0.396 e. The summed E-state index contributed by atoms with van der Waals surface area (Å²) in [5, 5.41) is 12.4. The Hall–Kier alpha value is -0.510. The molecule has 1 aromatic rings. The molecular formula is C14H23NOS. The second kappa shape index (κ2) is 7.04. The molecule has 1 rings (SSSR count). The summed E-state index contributed by atoms with van der Waals surface area (Å²) < 4.78 is 0. The Morgan fingerprint density at radius 2 is 1.88 bits per heavy atom. The quantitative estimate of drug-likeness (QED) is 0.733. The van der Waals surface area contributed by atoms with Gasteiger partial charge in [-0.15, -0.1) is 11.8 Å². The Bertz CT molecular complexity index is 321. The molecular weight excluding hydrogens is 230 g/mol. The zero-order valence-electron chi connectivity index (χ0n) is 11.0. The maximum atomic E-state index is 8.95. The van der Waals surface area contributed by atoms with E-state index in [1.807, 2.05) is 11.8 Å². The van der Waals surface area contributed by atoms with Crippen molar-refractivity contribution < 1.29 is 5.11 Å². The molecule has 2 N–H and O–H groups in total. The number of thioether (sulfide) groups is 1. The van der Waals surface area contributed by atoms with Gasteiger partial charge in [0.2, 0.25) is 0 Å². The Morgan fingerprint density at radius 1 is 1.24 bits per heavy atom. The van der Waals surface area contributed by atoms with Crippen LogP contribution in [0.15, 0.2) is 29.2 Å². The van der Waals surface area contributed by atoms with Crippen molar-refractivity contribution in [2.45, 2.75) is 44.2 Å². The summed E-state index contributed by atoms with van der Waals surface area (Å²) in [6, 6.07) is 8.68. The number of aliphatic hydroxyl groups is 1. The molecule has 0 bridgehead atoms. The summed E-state index contributed by atoms with van der Waals surface area (Å²) in [5.41, 5.74) is 1.28. The highest BCUT2D eigenvalue weighted by molar-refractivity contribution is 7.99. The number of hydrogen-bond donors (Lipinski definition) is 2. The van der Waals surface area contributed by atoms with E-state index in [1.165, 1.54) is 10.5 Å². The van der Waals surface area contributed by atoms with E-state index in [4.69, 9.17) is 5.11 Å². The Labute approximate surface area is 109 Å². The van der Waals surface area contributed by atoms with Gasteiger partial charge in [-0.1, -0.05) is 19.1 Å². The van der Waals surface area contributed by atoms with Gasteiger partial charge in [0.15, 0.2) is 0 Å². The highest BCUT2D eigenvalue weighted by Crippen LogP contribution is 2.18. The molecule has 0 amide bonds. The second-order valence-corrected chi connectivity index (χ2v) is 6.13. The molecule has 17 heavy (non-hydrogen) atoms. The molecule has 0 saturated heterocycles. The first kappa shape index (κ1) is 14.6. The smallest absolute Gasteiger partial charge is 0.0448 e. The molecule has 0 aliphatic heterocycles. The Morgan fingerprint density at radius 3 is 2.41 bits per heavy atom. The third kappa shape index (κ3) is 5.57. The van der Waals surface area contributed by atoms with Crippen LogP contribution >= 0.6 is 11.8 Å². The minimum Gasteiger partial charge on any atom is -0.396 e. The molecule has 0 saturated carbocycles. The second-order valence-electron chi connectivity index (χ2n) is 4.79. The summed E-state index contributed by atoms with van der Waals surface area (Å²) in [6.45, 7) is 7.47. The highest BCUT2D eigenvalue weighted by Gasteiger charge is 2.15. The fourth-order valence-corrected chi connectivity index (χ4v) is 2.24. The molecule has 0 aliphatic carbocycles. The van der Waals surface area contributed by atoms with E-state index in [0.717, 1.165) is 18.7 Å². The summed E-state index contributed by atoms with van der Waals surface area (Å²) in [6.07, 6.45) is 0.775. The normalized spacial score (nSPS) is 11.8. The lowest BCUT2D eigenvalue weighted by Gasteiger charge is -2.25. The third-order valence-electron chi connectivity index (χ3n) is 2.74. The Balaban J connectivity index is 2.46. The molecule has 0 unspecified atom stereocenters. The van der Waals surface area contributed by atoms with Crippen molar-refractivity contribution in [1.29, 1.82) is 0 Å². The number of rotatable bonds is 7. The molecule has 2 nitrogen and oxygen atoms in total. The van der Waals surface area contributed by atoms with Gasteiger partial charge in [-0.3, -0.25) is 0 Å². The van der Waals surface area contributed by atoms with Gasteiger partial charge in [0.25, 0.3) is 0 Å². The third-order valence-corrected chi connectivity index (χ3v) is 3.64. The van der Waals surface area contributed by atoms with Gasteiger partial charge in [-0.2, -0.15) is 0 Å². The lowest BCUT2D eigenvalue weighted by molar-refractivity contribution is 0.230. The average molecular weight is 253 g/mol. The van der Waals surface area contributed by atoms with Gasteiger partial charge < -0.3 is 10.4 Å². The molecule has 0 atom stereocenters. The number of nitrogens with one attached hydrogen (secondary N) is 1. The minimum absolute atomic E-state index is 0.00834. The molecule has 0 aromatic heterocycles. The van der Waals surface area contributed by atoms with Crippen LogP contribution in [-0.2, 0) is 6.54 Å². The highest BCUT2D eigenvalue weighted by atomic mass is 32.2. The van der Waals surface area contributed by atoms with Gasteiger partial charge in [0.05, 0.1) is 0 Å². The van der Waals surface area contributed by atoms with E-state index in [1.54, 1.807) is 0 Å². The van der Waals surface area contributed by atoms with Crippen molar-refractivity contribution in [1.82, 2.24) is 5.32 Å². The zero-order valence-corrected chi connectivity index (χ0v) is 11.8. The van der Waals surface area contributed by atoms with E-state index >= 15 is 0 Å². The van der Waals surface area contributed by atoms with Crippen LogP contribution in [0.25, 0.3) is 0 Å². The maximum Gasteiger partial charge on any atom is 0.0448 e. The van der Waals surface area contributed by atoms with E-state index in [-0.39, 0.29) is 12.1 Å². The SMILES string of the molecule is CCSc1ccc(CNC(C)(C)CCO)cc1.